The number of fused-ring (bicyclic) bond motifs is 1. The predicted molar refractivity (Wildman–Crippen MR) is 77.5 cm³/mol. The Kier molecular flexibility index (Phi) is 7.22. The first kappa shape index (κ1) is 15.7. The number of rotatable bonds is 0. The molecular formula is C14H19NOS. The number of Topliss-reactive ketones (excluding diaryl/α,β-unsaturated/α-hetero) is 1. The lowest BCUT2D eigenvalue weighted by atomic mass is 9.95. The molecule has 92 valence electrons. The highest BCUT2D eigenvalue weighted by Crippen LogP contribution is 2.23. The first-order chi connectivity index (χ1) is 8.20. The van der Waals surface area contributed by atoms with Crippen LogP contribution in [0.5, 0.6) is 0 Å². The molecule has 0 aromatic heterocycles. The normalized spacial score (nSPS) is 11.8. The molecule has 1 aliphatic rings. The molecule has 0 fully saturated rings. The molecule has 2 rings (SSSR count). The van der Waals surface area contributed by atoms with Crippen molar-refractivity contribution in [2.45, 2.75) is 32.6 Å². The molecule has 1 aromatic rings. The first-order valence-corrected chi connectivity index (χ1v) is 6.28. The second-order valence-electron chi connectivity index (χ2n) is 2.81. The fourth-order valence-corrected chi connectivity index (χ4v) is 1.59. The second kappa shape index (κ2) is 7.85. The van der Waals surface area contributed by atoms with Crippen LogP contribution in [0.2, 0.25) is 0 Å². The SMILES string of the molecule is CC.CC.N=C1C=Cc2c(S)cccc2C1=O. The van der Waals surface area contributed by atoms with Gasteiger partial charge < -0.3 is 0 Å². The number of hydrogen-bond acceptors (Lipinski definition) is 3. The van der Waals surface area contributed by atoms with Crippen LogP contribution in [0.15, 0.2) is 29.2 Å². The van der Waals surface area contributed by atoms with Crippen molar-refractivity contribution >= 4 is 30.2 Å². The van der Waals surface area contributed by atoms with Crippen molar-refractivity contribution in [3.63, 3.8) is 0 Å². The third-order valence-corrected chi connectivity index (χ3v) is 2.38. The van der Waals surface area contributed by atoms with Crippen LogP contribution in [0, 0.1) is 5.41 Å². The standard InChI is InChI=1S/C10H7NOS.2C2H6/c11-8-5-4-6-7(10(8)12)2-1-3-9(6)13;2*1-2/h1-5,11,13H;2*1-2H3. The van der Waals surface area contributed by atoms with Gasteiger partial charge in [-0.05, 0) is 17.7 Å². The highest BCUT2D eigenvalue weighted by atomic mass is 32.1. The summed E-state index contributed by atoms with van der Waals surface area (Å²) < 4.78 is 0. The van der Waals surface area contributed by atoms with E-state index in [0.29, 0.717) is 5.56 Å². The lowest BCUT2D eigenvalue weighted by Gasteiger charge is -2.10. The van der Waals surface area contributed by atoms with E-state index in [2.05, 4.69) is 12.6 Å². The monoisotopic (exact) mass is 249 g/mol. The number of allylic oxidation sites excluding steroid dienone is 1. The van der Waals surface area contributed by atoms with Gasteiger partial charge in [0.25, 0.3) is 0 Å². The zero-order valence-electron chi connectivity index (χ0n) is 10.7. The van der Waals surface area contributed by atoms with Crippen LogP contribution in [0.4, 0.5) is 0 Å². The minimum absolute atomic E-state index is 0.0337. The summed E-state index contributed by atoms with van der Waals surface area (Å²) in [6.07, 6.45) is 3.26. The zero-order valence-corrected chi connectivity index (χ0v) is 11.6. The Morgan fingerprint density at radius 3 is 2.24 bits per heavy atom. The quantitative estimate of drug-likeness (QED) is 0.663. The summed E-state index contributed by atoms with van der Waals surface area (Å²) in [5.74, 6) is -0.228. The molecule has 0 amide bonds. The van der Waals surface area contributed by atoms with Gasteiger partial charge >= 0.3 is 0 Å². The average Bonchev–Trinajstić information content (AvgIpc) is 2.39. The van der Waals surface area contributed by atoms with Crippen LogP contribution in [-0.4, -0.2) is 11.5 Å². The van der Waals surface area contributed by atoms with E-state index in [0.717, 1.165) is 10.5 Å². The Bertz CT molecular complexity index is 436. The minimum atomic E-state index is -0.228. The van der Waals surface area contributed by atoms with Gasteiger partial charge in [-0.2, -0.15) is 0 Å². The smallest absolute Gasteiger partial charge is 0.211 e. The molecule has 0 atom stereocenters. The van der Waals surface area contributed by atoms with Gasteiger partial charge in [0.1, 0.15) is 5.71 Å². The molecule has 0 saturated heterocycles. The third kappa shape index (κ3) is 3.56. The van der Waals surface area contributed by atoms with Gasteiger partial charge in [-0.15, -0.1) is 12.6 Å². The van der Waals surface area contributed by atoms with E-state index in [-0.39, 0.29) is 11.5 Å². The van der Waals surface area contributed by atoms with Crippen LogP contribution in [0.25, 0.3) is 6.08 Å². The van der Waals surface area contributed by atoms with Crippen LogP contribution >= 0.6 is 12.6 Å². The largest absolute Gasteiger partial charge is 0.297 e. The Balaban J connectivity index is 0.000000581. The summed E-state index contributed by atoms with van der Waals surface area (Å²) in [7, 11) is 0. The molecule has 0 heterocycles. The fourth-order valence-electron chi connectivity index (χ4n) is 1.31. The molecular weight excluding hydrogens is 230 g/mol. The van der Waals surface area contributed by atoms with Gasteiger partial charge in [-0.25, -0.2) is 0 Å². The van der Waals surface area contributed by atoms with Crippen LogP contribution in [0.3, 0.4) is 0 Å². The number of hydrogen-bond donors (Lipinski definition) is 2. The van der Waals surface area contributed by atoms with Crippen molar-refractivity contribution in [1.29, 1.82) is 5.41 Å². The van der Waals surface area contributed by atoms with Crippen LogP contribution in [0.1, 0.15) is 43.6 Å². The van der Waals surface area contributed by atoms with E-state index in [9.17, 15) is 4.79 Å². The maximum Gasteiger partial charge on any atom is 0.211 e. The minimum Gasteiger partial charge on any atom is -0.297 e. The number of carbonyl (C=O) groups is 1. The number of nitrogens with one attached hydrogen (secondary N) is 1. The van der Waals surface area contributed by atoms with Crippen LogP contribution < -0.4 is 0 Å². The van der Waals surface area contributed by atoms with Crippen LogP contribution in [-0.2, 0) is 0 Å². The van der Waals surface area contributed by atoms with Gasteiger partial charge in [-0.1, -0.05) is 45.9 Å². The first-order valence-electron chi connectivity index (χ1n) is 5.83. The van der Waals surface area contributed by atoms with E-state index >= 15 is 0 Å². The molecule has 2 nitrogen and oxygen atoms in total. The molecule has 0 radical (unpaired) electrons. The number of carbonyl (C=O) groups excluding carboxylic acids is 1. The van der Waals surface area contributed by atoms with E-state index in [1.807, 2.05) is 33.8 Å². The Labute approximate surface area is 109 Å². The molecule has 1 aromatic carbocycles. The van der Waals surface area contributed by atoms with E-state index < -0.39 is 0 Å². The Morgan fingerprint density at radius 1 is 1.06 bits per heavy atom. The second-order valence-corrected chi connectivity index (χ2v) is 3.30. The van der Waals surface area contributed by atoms with Gasteiger partial charge in [-0.3, -0.25) is 10.2 Å². The molecule has 0 bridgehead atoms. The van der Waals surface area contributed by atoms with Crippen molar-refractivity contribution < 1.29 is 4.79 Å². The summed E-state index contributed by atoms with van der Waals surface area (Å²) in [5.41, 5.74) is 1.42. The summed E-state index contributed by atoms with van der Waals surface area (Å²) in [5, 5.41) is 7.33. The Hall–Kier alpha value is -1.35. The lowest BCUT2D eigenvalue weighted by molar-refractivity contribution is 0.106. The number of thiol groups is 1. The van der Waals surface area contributed by atoms with Gasteiger partial charge in [0.15, 0.2) is 0 Å². The van der Waals surface area contributed by atoms with E-state index in [4.69, 9.17) is 5.41 Å². The lowest BCUT2D eigenvalue weighted by Crippen LogP contribution is -2.15. The van der Waals surface area contributed by atoms with Crippen molar-refractivity contribution in [2.24, 2.45) is 0 Å². The number of ketones is 1. The van der Waals surface area contributed by atoms with Crippen molar-refractivity contribution in [1.82, 2.24) is 0 Å². The molecule has 1 N–H and O–H groups in total. The summed E-state index contributed by atoms with van der Waals surface area (Å²) in [6.45, 7) is 8.00. The molecule has 0 aliphatic heterocycles. The third-order valence-electron chi connectivity index (χ3n) is 1.99. The fraction of sp³-hybridized carbons (Fsp3) is 0.286. The Morgan fingerprint density at radius 2 is 1.65 bits per heavy atom. The maximum absolute atomic E-state index is 11.5. The molecule has 0 unspecified atom stereocenters. The highest BCUT2D eigenvalue weighted by molar-refractivity contribution is 7.80. The van der Waals surface area contributed by atoms with Crippen molar-refractivity contribution in [3.8, 4) is 0 Å². The molecule has 0 saturated carbocycles. The molecule has 3 heteroatoms. The zero-order chi connectivity index (χ0) is 13.4. The van der Waals surface area contributed by atoms with E-state index in [1.54, 1.807) is 18.2 Å². The van der Waals surface area contributed by atoms with Crippen molar-refractivity contribution in [2.75, 3.05) is 0 Å². The van der Waals surface area contributed by atoms with Gasteiger partial charge in [0, 0.05) is 10.5 Å². The predicted octanol–water partition coefficient (Wildman–Crippen LogP) is 4.26. The van der Waals surface area contributed by atoms with Gasteiger partial charge in [0.2, 0.25) is 5.78 Å². The molecule has 17 heavy (non-hydrogen) atoms. The summed E-state index contributed by atoms with van der Waals surface area (Å²) in [6, 6.07) is 5.31. The topological polar surface area (TPSA) is 40.9 Å². The molecule has 1 aliphatic carbocycles. The van der Waals surface area contributed by atoms with E-state index in [1.165, 1.54) is 6.08 Å². The van der Waals surface area contributed by atoms with Gasteiger partial charge in [0.05, 0.1) is 0 Å². The molecule has 0 spiro atoms. The summed E-state index contributed by atoms with van der Waals surface area (Å²) in [4.78, 5) is 12.2. The maximum atomic E-state index is 11.5. The summed E-state index contributed by atoms with van der Waals surface area (Å²) >= 11 is 4.23. The number of benzene rings is 1. The average molecular weight is 249 g/mol. The van der Waals surface area contributed by atoms with Crippen molar-refractivity contribution in [3.05, 3.63) is 35.4 Å². The highest BCUT2D eigenvalue weighted by Gasteiger charge is 2.18.